The number of likely N-dealkylation sites (tertiary alicyclic amines) is 1. The van der Waals surface area contributed by atoms with Crippen LogP contribution >= 0.6 is 0 Å². The number of fused-ring (bicyclic) bond motifs is 1. The van der Waals surface area contributed by atoms with Crippen molar-refractivity contribution in [1.29, 1.82) is 0 Å². The van der Waals surface area contributed by atoms with Crippen LogP contribution < -0.4 is 0 Å². The van der Waals surface area contributed by atoms with E-state index in [4.69, 9.17) is 0 Å². The Kier molecular flexibility index (Phi) is 3.42. The fourth-order valence-corrected chi connectivity index (χ4v) is 3.58. The highest BCUT2D eigenvalue weighted by Crippen LogP contribution is 2.40. The molecule has 4 nitrogen and oxygen atoms in total. The number of amides is 1. The fraction of sp³-hybridized carbons (Fsp3) is 0.562. The van der Waals surface area contributed by atoms with Gasteiger partial charge in [-0.05, 0) is 37.5 Å². The zero-order valence-electron chi connectivity index (χ0n) is 11.6. The van der Waals surface area contributed by atoms with Crippen LogP contribution in [-0.2, 0) is 0 Å². The second-order valence-corrected chi connectivity index (χ2v) is 6.10. The third-order valence-corrected chi connectivity index (χ3v) is 4.81. The van der Waals surface area contributed by atoms with E-state index in [2.05, 4.69) is 0 Å². The Bertz CT molecular complexity index is 516. The molecular formula is C16H21NO3. The molecule has 1 aromatic carbocycles. The van der Waals surface area contributed by atoms with Crippen LogP contribution in [0.25, 0.3) is 0 Å². The molecule has 1 heterocycles. The van der Waals surface area contributed by atoms with Gasteiger partial charge in [0.1, 0.15) is 5.75 Å². The summed E-state index contributed by atoms with van der Waals surface area (Å²) in [7, 11) is 0. The Morgan fingerprint density at radius 3 is 2.95 bits per heavy atom. The predicted octanol–water partition coefficient (Wildman–Crippen LogP) is 2.16. The zero-order valence-corrected chi connectivity index (χ0v) is 11.6. The number of aliphatic hydroxyl groups is 1. The normalized spacial score (nSPS) is 29.9. The molecule has 0 radical (unpaired) electrons. The van der Waals surface area contributed by atoms with Crippen LogP contribution in [0.2, 0.25) is 0 Å². The molecule has 1 amide bonds. The summed E-state index contributed by atoms with van der Waals surface area (Å²) in [5, 5.41) is 20.1. The van der Waals surface area contributed by atoms with Crippen LogP contribution in [0, 0.1) is 5.92 Å². The SMILES string of the molecule is O=C(c1cccc(O)c1)N1CCC2(O)CCCCC2C1. The van der Waals surface area contributed by atoms with Gasteiger partial charge in [0.05, 0.1) is 5.60 Å². The van der Waals surface area contributed by atoms with Gasteiger partial charge in [0.15, 0.2) is 0 Å². The number of aromatic hydroxyl groups is 1. The number of phenolic OH excluding ortho intramolecular Hbond substituents is 1. The van der Waals surface area contributed by atoms with E-state index in [1.807, 2.05) is 4.90 Å². The summed E-state index contributed by atoms with van der Waals surface area (Å²) < 4.78 is 0. The molecule has 1 saturated carbocycles. The maximum atomic E-state index is 12.5. The topological polar surface area (TPSA) is 60.8 Å². The largest absolute Gasteiger partial charge is 0.508 e. The van der Waals surface area contributed by atoms with E-state index in [-0.39, 0.29) is 17.6 Å². The molecule has 3 rings (SSSR count). The Morgan fingerprint density at radius 1 is 1.30 bits per heavy atom. The standard InChI is InChI=1S/C16H21NO3/c18-14-6-3-4-12(10-14)15(19)17-9-8-16(20)7-2-1-5-13(16)11-17/h3-4,6,10,13,18,20H,1-2,5,7-9,11H2. The van der Waals surface area contributed by atoms with E-state index in [0.29, 0.717) is 25.1 Å². The zero-order chi connectivity index (χ0) is 14.2. The first-order valence-electron chi connectivity index (χ1n) is 7.39. The van der Waals surface area contributed by atoms with E-state index in [1.165, 1.54) is 6.07 Å². The molecule has 2 aliphatic rings. The molecule has 1 saturated heterocycles. The number of benzene rings is 1. The maximum absolute atomic E-state index is 12.5. The molecule has 2 unspecified atom stereocenters. The summed E-state index contributed by atoms with van der Waals surface area (Å²) >= 11 is 0. The molecule has 20 heavy (non-hydrogen) atoms. The molecule has 1 aromatic rings. The number of nitrogens with zero attached hydrogens (tertiary/aromatic N) is 1. The average Bonchev–Trinajstić information content (AvgIpc) is 2.45. The van der Waals surface area contributed by atoms with Crippen molar-refractivity contribution in [3.8, 4) is 5.75 Å². The van der Waals surface area contributed by atoms with Gasteiger partial charge in [-0.3, -0.25) is 4.79 Å². The lowest BCUT2D eigenvalue weighted by atomic mass is 9.71. The number of hydrogen-bond donors (Lipinski definition) is 2. The predicted molar refractivity (Wildman–Crippen MR) is 75.5 cm³/mol. The monoisotopic (exact) mass is 275 g/mol. The van der Waals surface area contributed by atoms with Gasteiger partial charge in [-0.25, -0.2) is 0 Å². The third-order valence-electron chi connectivity index (χ3n) is 4.81. The molecule has 0 aromatic heterocycles. The number of carbonyl (C=O) groups is 1. The maximum Gasteiger partial charge on any atom is 0.254 e. The van der Waals surface area contributed by atoms with Gasteiger partial charge in [-0.15, -0.1) is 0 Å². The van der Waals surface area contributed by atoms with E-state index >= 15 is 0 Å². The van der Waals surface area contributed by atoms with Gasteiger partial charge in [-0.2, -0.15) is 0 Å². The van der Waals surface area contributed by atoms with Gasteiger partial charge in [-0.1, -0.05) is 18.9 Å². The molecule has 2 fully saturated rings. The van der Waals surface area contributed by atoms with Crippen molar-refractivity contribution >= 4 is 5.91 Å². The molecule has 108 valence electrons. The first-order chi connectivity index (χ1) is 9.58. The highest BCUT2D eigenvalue weighted by atomic mass is 16.3. The van der Waals surface area contributed by atoms with Crippen molar-refractivity contribution in [3.63, 3.8) is 0 Å². The molecular weight excluding hydrogens is 254 g/mol. The summed E-state index contributed by atoms with van der Waals surface area (Å²) in [5.41, 5.74) is -0.0420. The van der Waals surface area contributed by atoms with Crippen LogP contribution in [0.4, 0.5) is 0 Å². The van der Waals surface area contributed by atoms with E-state index in [0.717, 1.165) is 25.7 Å². The minimum absolute atomic E-state index is 0.0477. The van der Waals surface area contributed by atoms with Gasteiger partial charge in [0.2, 0.25) is 0 Å². The van der Waals surface area contributed by atoms with Crippen LogP contribution in [-0.4, -0.2) is 39.7 Å². The van der Waals surface area contributed by atoms with Crippen molar-refractivity contribution in [2.75, 3.05) is 13.1 Å². The van der Waals surface area contributed by atoms with E-state index in [1.54, 1.807) is 18.2 Å². The fourth-order valence-electron chi connectivity index (χ4n) is 3.58. The van der Waals surface area contributed by atoms with E-state index in [9.17, 15) is 15.0 Å². The van der Waals surface area contributed by atoms with Crippen molar-refractivity contribution in [2.45, 2.75) is 37.7 Å². The molecule has 2 atom stereocenters. The van der Waals surface area contributed by atoms with Crippen LogP contribution in [0.1, 0.15) is 42.5 Å². The second-order valence-electron chi connectivity index (χ2n) is 6.10. The van der Waals surface area contributed by atoms with Gasteiger partial charge in [0.25, 0.3) is 5.91 Å². The Morgan fingerprint density at radius 2 is 2.15 bits per heavy atom. The summed E-state index contributed by atoms with van der Waals surface area (Å²) in [6.45, 7) is 1.23. The molecule has 1 aliphatic carbocycles. The summed E-state index contributed by atoms with van der Waals surface area (Å²) in [5.74, 6) is 0.266. The Hall–Kier alpha value is -1.55. The highest BCUT2D eigenvalue weighted by Gasteiger charge is 2.43. The summed E-state index contributed by atoms with van der Waals surface area (Å²) in [6, 6.07) is 6.48. The average molecular weight is 275 g/mol. The lowest BCUT2D eigenvalue weighted by Crippen LogP contribution is -2.54. The summed E-state index contributed by atoms with van der Waals surface area (Å²) in [4.78, 5) is 14.3. The molecule has 2 N–H and O–H groups in total. The minimum atomic E-state index is -0.562. The van der Waals surface area contributed by atoms with Crippen molar-refractivity contribution in [3.05, 3.63) is 29.8 Å². The van der Waals surface area contributed by atoms with Crippen LogP contribution in [0.5, 0.6) is 5.75 Å². The van der Waals surface area contributed by atoms with Gasteiger partial charge in [0, 0.05) is 24.6 Å². The first-order valence-corrected chi connectivity index (χ1v) is 7.39. The van der Waals surface area contributed by atoms with Crippen LogP contribution in [0.3, 0.4) is 0 Å². The minimum Gasteiger partial charge on any atom is -0.508 e. The lowest BCUT2D eigenvalue weighted by Gasteiger charge is -2.47. The Labute approximate surface area is 119 Å². The first kappa shape index (κ1) is 13.4. The highest BCUT2D eigenvalue weighted by molar-refractivity contribution is 5.94. The number of carbonyl (C=O) groups excluding carboxylic acids is 1. The number of piperidine rings is 1. The molecule has 0 bridgehead atoms. The van der Waals surface area contributed by atoms with Crippen molar-refractivity contribution in [2.24, 2.45) is 5.92 Å². The molecule has 1 aliphatic heterocycles. The second kappa shape index (κ2) is 5.09. The smallest absolute Gasteiger partial charge is 0.254 e. The van der Waals surface area contributed by atoms with Crippen molar-refractivity contribution < 1.29 is 15.0 Å². The third kappa shape index (κ3) is 2.40. The molecule has 4 heteroatoms. The van der Waals surface area contributed by atoms with Gasteiger partial charge >= 0.3 is 0 Å². The molecule has 0 spiro atoms. The summed E-state index contributed by atoms with van der Waals surface area (Å²) in [6.07, 6.45) is 4.77. The van der Waals surface area contributed by atoms with Crippen LogP contribution in [0.15, 0.2) is 24.3 Å². The lowest BCUT2D eigenvalue weighted by molar-refractivity contribution is -0.0886. The van der Waals surface area contributed by atoms with Gasteiger partial charge < -0.3 is 15.1 Å². The van der Waals surface area contributed by atoms with Crippen molar-refractivity contribution in [1.82, 2.24) is 4.90 Å². The van der Waals surface area contributed by atoms with E-state index < -0.39 is 5.60 Å². The number of hydrogen-bond acceptors (Lipinski definition) is 3. The number of rotatable bonds is 1. The quantitative estimate of drug-likeness (QED) is 0.825. The number of phenols is 1. The Balaban J connectivity index is 1.74.